The molecule has 1 atom stereocenters. The molecule has 0 aliphatic rings. The Balaban J connectivity index is 2.00. The van der Waals surface area contributed by atoms with E-state index in [2.05, 4.69) is 47.0 Å². The number of hydrogen-bond donors (Lipinski definition) is 1. The normalized spacial score (nSPS) is 11.9. The lowest BCUT2D eigenvalue weighted by Gasteiger charge is -2.13. The van der Waals surface area contributed by atoms with Crippen LogP contribution in [0.2, 0.25) is 5.02 Å². The van der Waals surface area contributed by atoms with Gasteiger partial charge in [-0.25, -0.2) is 0 Å². The Hall–Kier alpha value is -1.07. The van der Waals surface area contributed by atoms with Gasteiger partial charge in [-0.15, -0.1) is 0 Å². The van der Waals surface area contributed by atoms with E-state index in [1.165, 1.54) is 5.56 Å². The summed E-state index contributed by atoms with van der Waals surface area (Å²) in [5.74, 6) is 0.191. The van der Waals surface area contributed by atoms with Crippen LogP contribution in [0.1, 0.15) is 28.8 Å². The number of nitrogens with one attached hydrogen (secondary N) is 1. The van der Waals surface area contributed by atoms with Crippen molar-refractivity contribution in [3.8, 4) is 0 Å². The number of carbonyl (C=O) groups is 1. The van der Waals surface area contributed by atoms with E-state index in [1.807, 2.05) is 24.3 Å². The Morgan fingerprint density at radius 1 is 1.25 bits per heavy atom. The molecule has 0 aromatic heterocycles. The van der Waals surface area contributed by atoms with Crippen molar-refractivity contribution in [1.29, 1.82) is 0 Å². The van der Waals surface area contributed by atoms with Crippen LogP contribution >= 0.6 is 34.2 Å². The van der Waals surface area contributed by atoms with E-state index in [-0.39, 0.29) is 11.8 Å². The van der Waals surface area contributed by atoms with Crippen LogP contribution in [0.3, 0.4) is 0 Å². The molecule has 4 heteroatoms. The molecule has 20 heavy (non-hydrogen) atoms. The first-order valence-electron chi connectivity index (χ1n) is 6.36. The van der Waals surface area contributed by atoms with Crippen LogP contribution < -0.4 is 5.32 Å². The molecule has 2 aromatic rings. The second-order valence-electron chi connectivity index (χ2n) is 4.65. The van der Waals surface area contributed by atoms with E-state index in [0.717, 1.165) is 3.57 Å². The van der Waals surface area contributed by atoms with E-state index >= 15 is 0 Å². The number of amides is 1. The van der Waals surface area contributed by atoms with Crippen molar-refractivity contribution in [2.75, 3.05) is 6.54 Å². The summed E-state index contributed by atoms with van der Waals surface area (Å²) < 4.78 is 0.900. The van der Waals surface area contributed by atoms with Gasteiger partial charge in [-0.3, -0.25) is 4.79 Å². The summed E-state index contributed by atoms with van der Waals surface area (Å²) in [7, 11) is 0. The third kappa shape index (κ3) is 3.96. The number of hydrogen-bond acceptors (Lipinski definition) is 1. The van der Waals surface area contributed by atoms with Crippen LogP contribution in [0, 0.1) is 3.57 Å². The molecule has 1 N–H and O–H groups in total. The lowest BCUT2D eigenvalue weighted by atomic mass is 10.0. The molecule has 1 amide bonds. The fourth-order valence-electron chi connectivity index (χ4n) is 1.91. The van der Waals surface area contributed by atoms with Crippen molar-refractivity contribution in [1.82, 2.24) is 5.32 Å². The van der Waals surface area contributed by atoms with Crippen molar-refractivity contribution in [3.63, 3.8) is 0 Å². The largest absolute Gasteiger partial charge is 0.351 e. The zero-order valence-electron chi connectivity index (χ0n) is 11.1. The van der Waals surface area contributed by atoms with E-state index in [0.29, 0.717) is 17.1 Å². The lowest BCUT2D eigenvalue weighted by Crippen LogP contribution is -2.28. The molecule has 2 nitrogen and oxygen atoms in total. The van der Waals surface area contributed by atoms with Gasteiger partial charge in [0.1, 0.15) is 0 Å². The molecular formula is C16H15ClINO. The molecule has 0 saturated carbocycles. The van der Waals surface area contributed by atoms with Gasteiger partial charge < -0.3 is 5.32 Å². The molecule has 0 fully saturated rings. The van der Waals surface area contributed by atoms with Crippen LogP contribution in [0.4, 0.5) is 0 Å². The first-order chi connectivity index (χ1) is 9.58. The topological polar surface area (TPSA) is 29.1 Å². The molecule has 0 heterocycles. The summed E-state index contributed by atoms with van der Waals surface area (Å²) in [6.07, 6.45) is 0. The fraction of sp³-hybridized carbons (Fsp3) is 0.188. The highest BCUT2D eigenvalue weighted by atomic mass is 127. The van der Waals surface area contributed by atoms with E-state index < -0.39 is 0 Å². The summed E-state index contributed by atoms with van der Waals surface area (Å²) in [5.41, 5.74) is 1.84. The minimum Gasteiger partial charge on any atom is -0.351 e. The molecule has 0 spiro atoms. The Kier molecular flexibility index (Phi) is 5.43. The van der Waals surface area contributed by atoms with Crippen molar-refractivity contribution < 1.29 is 4.79 Å². The summed E-state index contributed by atoms with van der Waals surface area (Å²) in [5, 5.41) is 3.54. The van der Waals surface area contributed by atoms with Gasteiger partial charge in [0.25, 0.3) is 5.91 Å². The minimum atomic E-state index is -0.0836. The summed E-state index contributed by atoms with van der Waals surface area (Å²) in [6, 6.07) is 15.5. The van der Waals surface area contributed by atoms with Crippen molar-refractivity contribution in [2.45, 2.75) is 12.8 Å². The second kappa shape index (κ2) is 7.09. The zero-order chi connectivity index (χ0) is 14.5. The van der Waals surface area contributed by atoms with E-state index in [4.69, 9.17) is 11.6 Å². The van der Waals surface area contributed by atoms with Gasteiger partial charge in [0.15, 0.2) is 0 Å². The van der Waals surface area contributed by atoms with Gasteiger partial charge in [0.05, 0.1) is 5.56 Å². The molecule has 0 saturated heterocycles. The maximum absolute atomic E-state index is 12.2. The highest BCUT2D eigenvalue weighted by Gasteiger charge is 2.12. The van der Waals surface area contributed by atoms with Crippen LogP contribution in [-0.2, 0) is 0 Å². The van der Waals surface area contributed by atoms with Crippen LogP contribution in [0.25, 0.3) is 0 Å². The van der Waals surface area contributed by atoms with Gasteiger partial charge in [-0.05, 0) is 52.3 Å². The van der Waals surface area contributed by atoms with Crippen molar-refractivity contribution in [3.05, 3.63) is 68.3 Å². The molecule has 0 bridgehead atoms. The van der Waals surface area contributed by atoms with Crippen LogP contribution in [-0.4, -0.2) is 12.5 Å². The van der Waals surface area contributed by atoms with E-state index in [9.17, 15) is 4.79 Å². The molecule has 0 aliphatic heterocycles. The highest BCUT2D eigenvalue weighted by molar-refractivity contribution is 14.1. The van der Waals surface area contributed by atoms with Gasteiger partial charge in [0.2, 0.25) is 0 Å². The van der Waals surface area contributed by atoms with Crippen molar-refractivity contribution in [2.24, 2.45) is 0 Å². The molecule has 0 radical (unpaired) electrons. The maximum atomic E-state index is 12.2. The van der Waals surface area contributed by atoms with Gasteiger partial charge in [-0.2, -0.15) is 0 Å². The predicted molar refractivity (Wildman–Crippen MR) is 91.4 cm³/mol. The highest BCUT2D eigenvalue weighted by Crippen LogP contribution is 2.18. The van der Waals surface area contributed by atoms with E-state index in [1.54, 1.807) is 12.1 Å². The molecule has 0 aliphatic carbocycles. The van der Waals surface area contributed by atoms with Crippen molar-refractivity contribution >= 4 is 40.1 Å². The summed E-state index contributed by atoms with van der Waals surface area (Å²) >= 11 is 8.08. The fourth-order valence-corrected chi connectivity index (χ4v) is 2.66. The number of rotatable bonds is 4. The minimum absolute atomic E-state index is 0.0836. The molecule has 2 aromatic carbocycles. The Labute approximate surface area is 137 Å². The monoisotopic (exact) mass is 399 g/mol. The average Bonchev–Trinajstić information content (AvgIpc) is 2.47. The maximum Gasteiger partial charge on any atom is 0.252 e. The smallest absolute Gasteiger partial charge is 0.252 e. The Bertz CT molecular complexity index is 601. The second-order valence-corrected chi connectivity index (χ2v) is 6.24. The molecular weight excluding hydrogens is 385 g/mol. The van der Waals surface area contributed by atoms with Gasteiger partial charge in [0, 0.05) is 15.1 Å². The number of carbonyl (C=O) groups excluding carboxylic acids is 1. The number of benzene rings is 2. The first kappa shape index (κ1) is 15.3. The van der Waals surface area contributed by atoms with Crippen LogP contribution in [0.15, 0.2) is 48.5 Å². The quantitative estimate of drug-likeness (QED) is 0.755. The van der Waals surface area contributed by atoms with Gasteiger partial charge >= 0.3 is 0 Å². The summed E-state index contributed by atoms with van der Waals surface area (Å²) in [4.78, 5) is 12.2. The number of halogens is 2. The SMILES string of the molecule is CC(CNC(=O)c1cc(Cl)ccc1I)c1ccccc1. The summed E-state index contributed by atoms with van der Waals surface area (Å²) in [6.45, 7) is 2.70. The van der Waals surface area contributed by atoms with Crippen LogP contribution in [0.5, 0.6) is 0 Å². The standard InChI is InChI=1S/C16H15ClINO/c1-11(12-5-3-2-4-6-12)10-19-16(20)14-9-13(17)7-8-15(14)18/h2-9,11H,10H2,1H3,(H,19,20). The molecule has 2 rings (SSSR count). The predicted octanol–water partition coefficient (Wildman–Crippen LogP) is 4.48. The van der Waals surface area contributed by atoms with Gasteiger partial charge in [-0.1, -0.05) is 48.9 Å². The molecule has 1 unspecified atom stereocenters. The first-order valence-corrected chi connectivity index (χ1v) is 7.82. The molecule has 104 valence electrons. The average molecular weight is 400 g/mol. The zero-order valence-corrected chi connectivity index (χ0v) is 14.0. The third-order valence-corrected chi connectivity index (χ3v) is 4.29. The Morgan fingerprint density at radius 2 is 1.95 bits per heavy atom. The Morgan fingerprint density at radius 3 is 2.65 bits per heavy atom. The lowest BCUT2D eigenvalue weighted by molar-refractivity contribution is 0.0951. The third-order valence-electron chi connectivity index (χ3n) is 3.11.